The zero-order valence-electron chi connectivity index (χ0n) is 22.6. The number of benzene rings is 1. The lowest BCUT2D eigenvalue weighted by molar-refractivity contribution is 0.181. The van der Waals surface area contributed by atoms with Gasteiger partial charge in [-0.15, -0.1) is 0 Å². The lowest BCUT2D eigenvalue weighted by Gasteiger charge is -2.43. The number of hydrogen-bond donors (Lipinski definition) is 2. The van der Waals surface area contributed by atoms with Gasteiger partial charge in [0.05, 0.1) is 11.3 Å². The van der Waals surface area contributed by atoms with Crippen LogP contribution in [0.1, 0.15) is 91.6 Å². The minimum atomic E-state index is -0.743. The molecular weight excluding hydrogens is 494 g/mol. The Balaban J connectivity index is 1.24. The van der Waals surface area contributed by atoms with Gasteiger partial charge in [0, 0.05) is 41.2 Å². The molecular formula is C31H38F2N6. The predicted octanol–water partition coefficient (Wildman–Crippen LogP) is 5.11. The molecule has 3 aliphatic carbocycles. The minimum Gasteiger partial charge on any atom is -0.398 e. The van der Waals surface area contributed by atoms with Gasteiger partial charge in [-0.05, 0) is 101 Å². The monoisotopic (exact) mass is 532 g/mol. The number of anilines is 2. The number of rotatable bonds is 5. The van der Waals surface area contributed by atoms with Gasteiger partial charge in [-0.2, -0.15) is 5.26 Å². The zero-order chi connectivity index (χ0) is 26.8. The van der Waals surface area contributed by atoms with E-state index in [9.17, 15) is 14.0 Å². The Kier molecular flexibility index (Phi) is 6.07. The van der Waals surface area contributed by atoms with Gasteiger partial charge < -0.3 is 11.1 Å². The van der Waals surface area contributed by atoms with Crippen molar-refractivity contribution >= 4 is 11.5 Å². The van der Waals surface area contributed by atoms with Crippen LogP contribution in [0.5, 0.6) is 0 Å². The summed E-state index contributed by atoms with van der Waals surface area (Å²) in [6, 6.07) is 6.51. The molecule has 1 aromatic carbocycles. The van der Waals surface area contributed by atoms with Crippen molar-refractivity contribution in [3.05, 3.63) is 45.9 Å². The summed E-state index contributed by atoms with van der Waals surface area (Å²) in [5.41, 5.74) is 11.9. The van der Waals surface area contributed by atoms with Crippen LogP contribution in [0, 0.1) is 11.3 Å². The van der Waals surface area contributed by atoms with Crippen molar-refractivity contribution in [2.24, 2.45) is 0 Å². The molecule has 0 bridgehead atoms. The molecule has 7 rings (SSSR count). The quantitative estimate of drug-likeness (QED) is 0.520. The number of nitrogens with zero attached hydrogens (tertiary/aromatic N) is 4. The molecule has 3 unspecified atom stereocenters. The van der Waals surface area contributed by atoms with Crippen LogP contribution in [0.4, 0.5) is 20.3 Å². The first kappa shape index (κ1) is 25.2. The van der Waals surface area contributed by atoms with E-state index in [0.29, 0.717) is 43.5 Å². The molecule has 1 saturated carbocycles. The molecule has 8 heteroatoms. The third-order valence-corrected chi connectivity index (χ3v) is 10.6. The predicted molar refractivity (Wildman–Crippen MR) is 147 cm³/mol. The van der Waals surface area contributed by atoms with E-state index in [0.717, 1.165) is 92.8 Å². The number of hydrogen-bond acceptors (Lipinski definition) is 6. The highest BCUT2D eigenvalue weighted by Gasteiger charge is 2.48. The summed E-state index contributed by atoms with van der Waals surface area (Å²) in [5.74, 6) is 1.67. The third-order valence-electron chi connectivity index (χ3n) is 10.6. The van der Waals surface area contributed by atoms with Gasteiger partial charge in [0.25, 0.3) is 0 Å². The van der Waals surface area contributed by atoms with Crippen molar-refractivity contribution < 1.29 is 8.78 Å². The number of nitrogen functional groups attached to an aromatic ring is 1. The number of alkyl halides is 2. The fourth-order valence-corrected chi connectivity index (χ4v) is 8.58. The van der Waals surface area contributed by atoms with Gasteiger partial charge in [-0.25, -0.2) is 18.7 Å². The highest BCUT2D eigenvalue weighted by molar-refractivity contribution is 5.64. The van der Waals surface area contributed by atoms with Crippen LogP contribution in [0.2, 0.25) is 0 Å². The number of nitrogens with two attached hydrogens (primary N) is 1. The van der Waals surface area contributed by atoms with Gasteiger partial charge >= 0.3 is 0 Å². The molecule has 3 atom stereocenters. The van der Waals surface area contributed by atoms with Crippen molar-refractivity contribution in [2.45, 2.75) is 113 Å². The Morgan fingerprint density at radius 1 is 1.10 bits per heavy atom. The van der Waals surface area contributed by atoms with E-state index in [4.69, 9.17) is 15.7 Å². The average Bonchev–Trinajstić information content (AvgIpc) is 3.42. The summed E-state index contributed by atoms with van der Waals surface area (Å²) in [6.45, 7) is 1.53. The first-order valence-electron chi connectivity index (χ1n) is 14.9. The summed E-state index contributed by atoms with van der Waals surface area (Å²) in [6.07, 6.45) is 9.51. The van der Waals surface area contributed by atoms with Gasteiger partial charge in [0.1, 0.15) is 30.1 Å². The summed E-state index contributed by atoms with van der Waals surface area (Å²) in [5, 5.41) is 13.6. The molecule has 39 heavy (non-hydrogen) atoms. The Morgan fingerprint density at radius 3 is 2.79 bits per heavy atom. The summed E-state index contributed by atoms with van der Waals surface area (Å²) in [7, 11) is 0. The Morgan fingerprint density at radius 2 is 1.97 bits per heavy atom. The van der Waals surface area contributed by atoms with E-state index in [-0.39, 0.29) is 17.0 Å². The number of aromatic nitrogens is 2. The van der Waals surface area contributed by atoms with Crippen LogP contribution in [-0.4, -0.2) is 51.9 Å². The number of nitrogens with one attached hydrogen (secondary N) is 1. The Bertz CT molecular complexity index is 1330. The Hall–Kier alpha value is -2.79. The van der Waals surface area contributed by atoms with Crippen molar-refractivity contribution in [1.29, 1.82) is 5.26 Å². The maximum atomic E-state index is 14.4. The second-order valence-electron chi connectivity index (χ2n) is 12.9. The molecule has 1 spiro atoms. The zero-order valence-corrected chi connectivity index (χ0v) is 22.6. The van der Waals surface area contributed by atoms with Gasteiger partial charge in [-0.3, -0.25) is 4.90 Å². The molecule has 2 aromatic rings. The fourth-order valence-electron chi connectivity index (χ4n) is 8.58. The molecule has 3 heterocycles. The third kappa shape index (κ3) is 4.20. The lowest BCUT2D eigenvalue weighted by atomic mass is 9.61. The minimum absolute atomic E-state index is 0.0650. The molecule has 1 aromatic heterocycles. The van der Waals surface area contributed by atoms with Crippen molar-refractivity contribution in [1.82, 2.24) is 14.9 Å². The molecule has 6 nitrogen and oxygen atoms in total. The maximum absolute atomic E-state index is 14.4. The first-order valence-corrected chi connectivity index (χ1v) is 14.9. The first-order chi connectivity index (χ1) is 18.9. The van der Waals surface area contributed by atoms with Gasteiger partial charge in [-0.1, -0.05) is 6.07 Å². The largest absolute Gasteiger partial charge is 0.398 e. The fraction of sp³-hybridized carbons (Fsp3) is 0.645. The van der Waals surface area contributed by atoms with E-state index in [2.05, 4.69) is 22.4 Å². The van der Waals surface area contributed by atoms with Crippen LogP contribution >= 0.6 is 0 Å². The summed E-state index contributed by atoms with van der Waals surface area (Å²) in [4.78, 5) is 12.6. The highest BCUT2D eigenvalue weighted by Crippen LogP contribution is 2.49. The van der Waals surface area contributed by atoms with Crippen LogP contribution in [-0.2, 0) is 31.1 Å². The normalized spacial score (nSPS) is 33.2. The molecule has 206 valence electrons. The van der Waals surface area contributed by atoms with Crippen molar-refractivity contribution in [3.8, 4) is 6.07 Å². The maximum Gasteiger partial charge on any atom is 0.133 e. The molecule has 3 fully saturated rings. The molecule has 3 N–H and O–H groups in total. The number of nitriles is 1. The van der Waals surface area contributed by atoms with Gasteiger partial charge in [0.2, 0.25) is 0 Å². The second kappa shape index (κ2) is 9.40. The molecule has 2 saturated heterocycles. The number of fused-ring (bicyclic) bond motifs is 4. The molecule has 2 aliphatic heterocycles. The molecule has 0 amide bonds. The Labute approximate surface area is 229 Å². The number of halogens is 2. The molecule has 5 aliphatic rings. The van der Waals surface area contributed by atoms with Crippen molar-refractivity contribution in [3.63, 3.8) is 0 Å². The SMILES string of the molecule is N#Cc1c(N)ccc2c1C1(CCC2)CCc2c(nc(CCC34CCCN3CC(F)C4)nc2NC2CC(F)C2)C1. The number of aryl methyl sites for hydroxylation is 2. The van der Waals surface area contributed by atoms with E-state index >= 15 is 0 Å². The average molecular weight is 533 g/mol. The van der Waals surface area contributed by atoms with E-state index in [1.807, 2.05) is 6.07 Å². The smallest absolute Gasteiger partial charge is 0.133 e. The highest BCUT2D eigenvalue weighted by atomic mass is 19.1. The van der Waals surface area contributed by atoms with E-state index < -0.39 is 12.3 Å². The lowest BCUT2D eigenvalue weighted by Crippen LogP contribution is -2.41. The van der Waals surface area contributed by atoms with Crippen LogP contribution in [0.15, 0.2) is 12.1 Å². The van der Waals surface area contributed by atoms with Crippen LogP contribution < -0.4 is 11.1 Å². The summed E-state index contributed by atoms with van der Waals surface area (Å²) < 4.78 is 28.1. The summed E-state index contributed by atoms with van der Waals surface area (Å²) >= 11 is 0. The van der Waals surface area contributed by atoms with E-state index in [1.165, 1.54) is 5.56 Å². The second-order valence-corrected chi connectivity index (χ2v) is 12.9. The standard InChI is InChI=1S/C31H38F2N6/c32-20-13-22(14-20)36-29-23-6-10-30(8-1-3-19-4-5-25(35)24(17-34)28(19)30)16-26(23)37-27(38-29)7-11-31-9-2-12-39(31)18-21(33)15-31/h4-5,20-22H,1-3,6-16,18,35H2,(H,36,37,38). The van der Waals surface area contributed by atoms with Gasteiger partial charge in [0.15, 0.2) is 0 Å². The van der Waals surface area contributed by atoms with Crippen LogP contribution in [0.3, 0.4) is 0 Å². The van der Waals surface area contributed by atoms with E-state index in [1.54, 1.807) is 0 Å². The van der Waals surface area contributed by atoms with Crippen molar-refractivity contribution in [2.75, 3.05) is 24.1 Å². The molecule has 0 radical (unpaired) electrons. The van der Waals surface area contributed by atoms with Crippen LogP contribution in [0.25, 0.3) is 0 Å². The topological polar surface area (TPSA) is 90.9 Å².